The van der Waals surface area contributed by atoms with Gasteiger partial charge in [0.15, 0.2) is 29.1 Å². The van der Waals surface area contributed by atoms with Crippen molar-refractivity contribution in [3.63, 3.8) is 0 Å². The maximum atomic E-state index is 17.7. The Balaban J connectivity index is 0.817. The molecule has 0 unspecified atom stereocenters. The van der Waals surface area contributed by atoms with Crippen molar-refractivity contribution in [2.45, 2.75) is 85.3 Å². The standard InChI is InChI=1S/C47H52F2N2O12S/c1-44-14-12-30(53)23-35(44)36(48)24-34-33-25-39-47(38(55)27-52,45(33,2)26-37(54)46(34,44)49)63-43(62-39)28-6-8-31(9-7-28)64-32-5-3-4-29(22-32)50-40(56)13-16-59-18-20-61-21-19-60-17-15-51-41(57)10-11-42(51)58/h3-12,14,22-23,33-34,36-37,39,43,52,54H,13,15-21,24-27H2,1-2H3,(H,50,56)/t33-,34-,36-,37-,39+,43+,44-,45-,46-,47+/m0/s1. The molecule has 2 aromatic carbocycles. The molecule has 10 atom stereocenters. The number of aliphatic hydroxyl groups excluding tert-OH is 2. The summed E-state index contributed by atoms with van der Waals surface area (Å²) in [6.45, 7) is 4.20. The van der Waals surface area contributed by atoms with Gasteiger partial charge in [-0.1, -0.05) is 43.0 Å². The van der Waals surface area contributed by atoms with Crippen molar-refractivity contribution in [3.05, 3.63) is 90.0 Å². The number of carbonyl (C=O) groups excluding carboxylic acids is 5. The average molecular weight is 907 g/mol. The number of nitrogens with one attached hydrogen (secondary N) is 1. The number of fused-ring (bicyclic) bond motifs is 7. The number of amides is 3. The number of anilines is 1. The molecular weight excluding hydrogens is 855 g/mol. The quantitative estimate of drug-likeness (QED) is 0.137. The summed E-state index contributed by atoms with van der Waals surface area (Å²) in [7, 11) is 0. The van der Waals surface area contributed by atoms with E-state index in [9.17, 15) is 34.2 Å². The number of ketones is 2. The molecule has 3 N–H and O–H groups in total. The van der Waals surface area contributed by atoms with Crippen LogP contribution in [0.1, 0.15) is 51.4 Å². The van der Waals surface area contributed by atoms with Gasteiger partial charge >= 0.3 is 0 Å². The van der Waals surface area contributed by atoms with E-state index >= 15 is 8.78 Å². The number of aliphatic hydroxyl groups is 2. The molecule has 3 amide bonds. The lowest BCUT2D eigenvalue weighted by Crippen LogP contribution is -2.70. The number of imide groups is 1. The van der Waals surface area contributed by atoms with Crippen molar-refractivity contribution in [1.29, 1.82) is 0 Å². The van der Waals surface area contributed by atoms with Crippen LogP contribution in [0.2, 0.25) is 0 Å². The lowest BCUT2D eigenvalue weighted by molar-refractivity contribution is -0.235. The molecule has 4 aliphatic carbocycles. The van der Waals surface area contributed by atoms with E-state index in [1.807, 2.05) is 30.3 Å². The minimum absolute atomic E-state index is 0.0114. The predicted octanol–water partition coefficient (Wildman–Crippen LogP) is 4.78. The third-order valence-corrected chi connectivity index (χ3v) is 15.0. The second-order valence-electron chi connectivity index (χ2n) is 17.5. The average Bonchev–Trinajstić information content (AvgIpc) is 3.89. The summed E-state index contributed by atoms with van der Waals surface area (Å²) < 4.78 is 63.1. The topological polar surface area (TPSA) is 187 Å². The third-order valence-electron chi connectivity index (χ3n) is 14.0. The Kier molecular flexibility index (Phi) is 13.3. The van der Waals surface area contributed by atoms with Crippen LogP contribution in [0.15, 0.2) is 94.3 Å². The fraction of sp³-hybridized carbons (Fsp3) is 0.511. The number of halogens is 2. The van der Waals surface area contributed by atoms with E-state index in [0.29, 0.717) is 31.1 Å². The Labute approximate surface area is 373 Å². The highest BCUT2D eigenvalue weighted by Gasteiger charge is 2.80. The number of alkyl halides is 2. The van der Waals surface area contributed by atoms with E-state index in [1.165, 1.54) is 43.0 Å². The van der Waals surface area contributed by atoms with Gasteiger partial charge in [0.25, 0.3) is 11.8 Å². The zero-order chi connectivity index (χ0) is 45.4. The molecule has 4 fully saturated rings. The van der Waals surface area contributed by atoms with Gasteiger partial charge in [0.2, 0.25) is 5.91 Å². The summed E-state index contributed by atoms with van der Waals surface area (Å²) >= 11 is 1.46. The van der Waals surface area contributed by atoms with Gasteiger partial charge in [-0.15, -0.1) is 0 Å². The number of rotatable bonds is 18. The predicted molar refractivity (Wildman–Crippen MR) is 226 cm³/mol. The Morgan fingerprint density at radius 2 is 1.59 bits per heavy atom. The van der Waals surface area contributed by atoms with Crippen LogP contribution in [0.25, 0.3) is 0 Å². The molecule has 2 heterocycles. The number of carbonyl (C=O) groups is 5. The molecule has 0 bridgehead atoms. The lowest BCUT2D eigenvalue weighted by Gasteiger charge is -2.63. The number of ether oxygens (including phenoxy) is 5. The van der Waals surface area contributed by atoms with Crippen molar-refractivity contribution in [1.82, 2.24) is 4.90 Å². The van der Waals surface area contributed by atoms with Gasteiger partial charge in [-0.2, -0.15) is 0 Å². The number of hydrogen-bond donors (Lipinski definition) is 3. The number of hydrogen-bond acceptors (Lipinski definition) is 13. The largest absolute Gasteiger partial charge is 0.390 e. The van der Waals surface area contributed by atoms with Crippen LogP contribution < -0.4 is 5.32 Å². The molecule has 0 aromatic heterocycles. The SMILES string of the molecule is C[C@]12C=CC(=O)C=C1[C@@H](F)C[C@H]1[C@@H]3C[C@H]4O[C@@H](c5ccc(Sc6cccc(NC(=O)CCOCCOCCOCCN7C(=O)C=CC7=O)c6)cc5)O[C@@]4(C(=O)CO)[C@@]3(C)C[C@H](O)[C@@]12F. The smallest absolute Gasteiger partial charge is 0.253 e. The Hall–Kier alpha value is -4.46. The fourth-order valence-electron chi connectivity index (χ4n) is 10.9. The molecule has 1 saturated heterocycles. The normalized spacial score (nSPS) is 33.8. The van der Waals surface area contributed by atoms with E-state index < -0.39 is 76.8 Å². The highest BCUT2D eigenvalue weighted by molar-refractivity contribution is 7.99. The fourth-order valence-corrected chi connectivity index (χ4v) is 11.8. The molecule has 64 heavy (non-hydrogen) atoms. The van der Waals surface area contributed by atoms with Crippen LogP contribution in [-0.2, 0) is 47.7 Å². The van der Waals surface area contributed by atoms with Gasteiger partial charge in [-0.05, 0) is 80.2 Å². The maximum Gasteiger partial charge on any atom is 0.253 e. The molecule has 2 aliphatic heterocycles. The summed E-state index contributed by atoms with van der Waals surface area (Å²) in [4.78, 5) is 64.6. The Bertz CT molecular complexity index is 2240. The summed E-state index contributed by atoms with van der Waals surface area (Å²) in [5.41, 5.74) is -5.66. The van der Waals surface area contributed by atoms with E-state index in [-0.39, 0.29) is 75.3 Å². The van der Waals surface area contributed by atoms with Crippen molar-refractivity contribution in [2.75, 3.05) is 58.1 Å². The van der Waals surface area contributed by atoms with Crippen LogP contribution in [0.3, 0.4) is 0 Å². The van der Waals surface area contributed by atoms with E-state index in [4.69, 9.17) is 23.7 Å². The monoisotopic (exact) mass is 906 g/mol. The van der Waals surface area contributed by atoms with Gasteiger partial charge in [0.05, 0.1) is 64.8 Å². The first-order valence-corrected chi connectivity index (χ1v) is 22.3. The molecule has 8 rings (SSSR count). The first kappa shape index (κ1) is 46.1. The van der Waals surface area contributed by atoms with Crippen LogP contribution in [-0.4, -0.2) is 127 Å². The van der Waals surface area contributed by atoms with Crippen molar-refractivity contribution < 1.29 is 66.7 Å². The summed E-state index contributed by atoms with van der Waals surface area (Å²) in [5, 5.41) is 25.0. The summed E-state index contributed by atoms with van der Waals surface area (Å²) in [6, 6.07) is 14.7. The van der Waals surface area contributed by atoms with Crippen LogP contribution in [0.5, 0.6) is 0 Å². The molecule has 2 aromatic rings. The van der Waals surface area contributed by atoms with Crippen LogP contribution >= 0.6 is 11.8 Å². The highest BCUT2D eigenvalue weighted by Crippen LogP contribution is 2.72. The van der Waals surface area contributed by atoms with Gasteiger partial charge < -0.3 is 39.2 Å². The molecule has 0 spiro atoms. The first-order valence-electron chi connectivity index (χ1n) is 21.5. The number of benzene rings is 2. The minimum atomic E-state index is -2.34. The van der Waals surface area contributed by atoms with Crippen molar-refractivity contribution >= 4 is 46.7 Å². The number of allylic oxidation sites excluding steroid dienone is 4. The number of nitrogens with zero attached hydrogens (tertiary/aromatic N) is 1. The van der Waals surface area contributed by atoms with Crippen LogP contribution in [0.4, 0.5) is 14.5 Å². The zero-order valence-corrected chi connectivity index (χ0v) is 36.4. The lowest BCUT2D eigenvalue weighted by atomic mass is 9.44. The van der Waals surface area contributed by atoms with Gasteiger partial charge in [0, 0.05) is 49.9 Å². The van der Waals surface area contributed by atoms with E-state index in [0.717, 1.165) is 20.8 Å². The highest BCUT2D eigenvalue weighted by atomic mass is 32.2. The maximum absolute atomic E-state index is 17.7. The summed E-state index contributed by atoms with van der Waals surface area (Å²) in [5.74, 6) is -3.69. The van der Waals surface area contributed by atoms with E-state index in [2.05, 4.69) is 5.32 Å². The Morgan fingerprint density at radius 3 is 2.30 bits per heavy atom. The molecule has 17 heteroatoms. The second-order valence-corrected chi connectivity index (χ2v) is 18.6. The zero-order valence-electron chi connectivity index (χ0n) is 35.5. The molecule has 6 aliphatic rings. The first-order chi connectivity index (χ1) is 30.6. The Morgan fingerprint density at radius 1 is 0.906 bits per heavy atom. The van der Waals surface area contributed by atoms with Crippen LogP contribution in [0, 0.1) is 22.7 Å². The molecule has 342 valence electrons. The van der Waals surface area contributed by atoms with Gasteiger partial charge in [-0.3, -0.25) is 28.9 Å². The molecule has 3 saturated carbocycles. The third kappa shape index (κ3) is 8.12. The number of Topliss-reactive ketones (excluding diaryl/α,β-unsaturated/α-hetero) is 1. The van der Waals surface area contributed by atoms with Gasteiger partial charge in [-0.25, -0.2) is 8.78 Å². The van der Waals surface area contributed by atoms with Crippen molar-refractivity contribution in [2.24, 2.45) is 22.7 Å². The molecular formula is C47H52F2N2O12S. The molecule has 0 radical (unpaired) electrons. The second kappa shape index (κ2) is 18.4. The van der Waals surface area contributed by atoms with Crippen molar-refractivity contribution in [3.8, 4) is 0 Å². The molecule has 14 nitrogen and oxygen atoms in total. The van der Waals surface area contributed by atoms with E-state index in [1.54, 1.807) is 25.1 Å². The minimum Gasteiger partial charge on any atom is -0.390 e. The summed E-state index contributed by atoms with van der Waals surface area (Å²) in [6.07, 6.45) is 0.759. The van der Waals surface area contributed by atoms with Gasteiger partial charge in [0.1, 0.15) is 12.8 Å².